The van der Waals surface area contributed by atoms with E-state index in [2.05, 4.69) is 10.3 Å². The number of para-hydroxylation sites is 2. The van der Waals surface area contributed by atoms with E-state index in [4.69, 9.17) is 4.74 Å². The molecule has 0 radical (unpaired) electrons. The summed E-state index contributed by atoms with van der Waals surface area (Å²) >= 11 is 0. The standard InChI is InChI=1S/C14H15N3O2/c1-3-19-13(18)10-8-17-12-7-5-4-6-11(12)16-14(17)15-9(10)2/h4-7H,3,8H2,1-2H3,(H,15,16). The van der Waals surface area contributed by atoms with Gasteiger partial charge >= 0.3 is 5.97 Å². The molecular weight excluding hydrogens is 242 g/mol. The number of nitrogens with one attached hydrogen (secondary N) is 1. The molecule has 0 amide bonds. The molecule has 0 unspecified atom stereocenters. The van der Waals surface area contributed by atoms with Crippen molar-refractivity contribution >= 4 is 23.0 Å². The minimum Gasteiger partial charge on any atom is -0.463 e. The molecule has 0 fully saturated rings. The number of anilines is 1. The van der Waals surface area contributed by atoms with Gasteiger partial charge in [-0.2, -0.15) is 0 Å². The summed E-state index contributed by atoms with van der Waals surface area (Å²) in [6.45, 7) is 4.55. The van der Waals surface area contributed by atoms with Crippen LogP contribution in [0, 0.1) is 0 Å². The fourth-order valence-corrected chi connectivity index (χ4v) is 2.29. The van der Waals surface area contributed by atoms with Gasteiger partial charge in [0.05, 0.1) is 29.8 Å². The fourth-order valence-electron chi connectivity index (χ4n) is 2.29. The number of benzene rings is 1. The largest absolute Gasteiger partial charge is 0.463 e. The molecule has 0 atom stereocenters. The van der Waals surface area contributed by atoms with Crippen molar-refractivity contribution in [1.29, 1.82) is 0 Å². The summed E-state index contributed by atoms with van der Waals surface area (Å²) in [6, 6.07) is 7.87. The molecule has 2 heterocycles. The highest BCUT2D eigenvalue weighted by Crippen LogP contribution is 2.27. The van der Waals surface area contributed by atoms with Gasteiger partial charge in [-0.1, -0.05) is 12.1 Å². The Balaban J connectivity index is 2.04. The second-order valence-corrected chi connectivity index (χ2v) is 4.46. The Labute approximate surface area is 110 Å². The maximum atomic E-state index is 11.9. The molecule has 0 bridgehead atoms. The van der Waals surface area contributed by atoms with Crippen LogP contribution in [0.2, 0.25) is 0 Å². The molecule has 1 aromatic heterocycles. The monoisotopic (exact) mass is 257 g/mol. The molecule has 1 N–H and O–H groups in total. The zero-order valence-corrected chi connectivity index (χ0v) is 10.9. The molecule has 5 nitrogen and oxygen atoms in total. The van der Waals surface area contributed by atoms with Crippen molar-refractivity contribution in [3.8, 4) is 0 Å². The normalized spacial score (nSPS) is 14.2. The lowest BCUT2D eigenvalue weighted by atomic mass is 10.2. The zero-order valence-electron chi connectivity index (χ0n) is 10.9. The van der Waals surface area contributed by atoms with Gasteiger partial charge in [0.2, 0.25) is 5.95 Å². The van der Waals surface area contributed by atoms with Gasteiger partial charge in [-0.3, -0.25) is 0 Å². The average molecular weight is 257 g/mol. The second-order valence-electron chi connectivity index (χ2n) is 4.46. The number of carbonyl (C=O) groups excluding carboxylic acids is 1. The number of nitrogens with zero attached hydrogens (tertiary/aromatic N) is 2. The molecule has 2 aromatic rings. The summed E-state index contributed by atoms with van der Waals surface area (Å²) in [5.41, 5.74) is 3.39. The summed E-state index contributed by atoms with van der Waals surface area (Å²) < 4.78 is 7.08. The Bertz CT molecular complexity index is 685. The first kappa shape index (κ1) is 11.8. The van der Waals surface area contributed by atoms with Crippen LogP contribution >= 0.6 is 0 Å². The van der Waals surface area contributed by atoms with E-state index < -0.39 is 0 Å². The number of hydrogen-bond acceptors (Lipinski definition) is 4. The van der Waals surface area contributed by atoms with Gasteiger partial charge in [-0.05, 0) is 26.0 Å². The number of imidazole rings is 1. The molecule has 1 aliphatic heterocycles. The summed E-state index contributed by atoms with van der Waals surface area (Å²) in [4.78, 5) is 16.4. The summed E-state index contributed by atoms with van der Waals surface area (Å²) in [6.07, 6.45) is 0. The van der Waals surface area contributed by atoms with Gasteiger partial charge in [-0.25, -0.2) is 9.78 Å². The third-order valence-electron chi connectivity index (χ3n) is 3.24. The van der Waals surface area contributed by atoms with Gasteiger partial charge in [0.15, 0.2) is 0 Å². The number of esters is 1. The van der Waals surface area contributed by atoms with E-state index in [1.54, 1.807) is 0 Å². The molecule has 5 heteroatoms. The van der Waals surface area contributed by atoms with E-state index in [0.717, 1.165) is 22.7 Å². The number of rotatable bonds is 2. The highest BCUT2D eigenvalue weighted by atomic mass is 16.5. The Morgan fingerprint density at radius 1 is 1.47 bits per heavy atom. The molecule has 0 saturated heterocycles. The van der Waals surface area contributed by atoms with Crippen molar-refractivity contribution in [2.45, 2.75) is 20.4 Å². The second kappa shape index (κ2) is 4.42. The van der Waals surface area contributed by atoms with Crippen LogP contribution in [0.15, 0.2) is 35.5 Å². The SMILES string of the molecule is CCOC(=O)C1=C(C)Nc2nc3ccccc3n2C1. The van der Waals surface area contributed by atoms with Crippen molar-refractivity contribution in [3.63, 3.8) is 0 Å². The smallest absolute Gasteiger partial charge is 0.337 e. The van der Waals surface area contributed by atoms with E-state index in [1.165, 1.54) is 0 Å². The number of hydrogen-bond donors (Lipinski definition) is 1. The Kier molecular flexibility index (Phi) is 2.74. The lowest BCUT2D eigenvalue weighted by Gasteiger charge is -2.20. The van der Waals surface area contributed by atoms with Gasteiger partial charge in [-0.15, -0.1) is 0 Å². The van der Waals surface area contributed by atoms with Crippen molar-refractivity contribution < 1.29 is 9.53 Å². The lowest BCUT2D eigenvalue weighted by molar-refractivity contribution is -0.138. The molecule has 98 valence electrons. The van der Waals surface area contributed by atoms with E-state index in [9.17, 15) is 4.79 Å². The van der Waals surface area contributed by atoms with E-state index in [0.29, 0.717) is 18.7 Å². The van der Waals surface area contributed by atoms with E-state index in [-0.39, 0.29) is 5.97 Å². The predicted octanol–water partition coefficient (Wildman–Crippen LogP) is 2.30. The Morgan fingerprint density at radius 3 is 3.05 bits per heavy atom. The highest BCUT2D eigenvalue weighted by molar-refractivity contribution is 5.91. The minimum atomic E-state index is -0.268. The third-order valence-corrected chi connectivity index (χ3v) is 3.24. The molecule has 3 rings (SSSR count). The number of ether oxygens (including phenoxy) is 1. The number of carbonyl (C=O) groups is 1. The van der Waals surface area contributed by atoms with Gasteiger partial charge in [0.25, 0.3) is 0 Å². The van der Waals surface area contributed by atoms with Crippen molar-refractivity contribution in [3.05, 3.63) is 35.5 Å². The van der Waals surface area contributed by atoms with Gasteiger partial charge in [0.1, 0.15) is 0 Å². The van der Waals surface area contributed by atoms with E-state index >= 15 is 0 Å². The van der Waals surface area contributed by atoms with Crippen molar-refractivity contribution in [1.82, 2.24) is 9.55 Å². The van der Waals surface area contributed by atoms with Crippen LogP contribution in [0.5, 0.6) is 0 Å². The average Bonchev–Trinajstić information content (AvgIpc) is 2.75. The maximum absolute atomic E-state index is 11.9. The molecule has 0 aliphatic carbocycles. The number of aromatic nitrogens is 2. The van der Waals surface area contributed by atoms with Crippen LogP contribution in [0.3, 0.4) is 0 Å². The van der Waals surface area contributed by atoms with Crippen LogP contribution in [-0.4, -0.2) is 22.1 Å². The first-order valence-electron chi connectivity index (χ1n) is 6.30. The van der Waals surface area contributed by atoms with Crippen LogP contribution in [0.25, 0.3) is 11.0 Å². The van der Waals surface area contributed by atoms with Crippen molar-refractivity contribution in [2.75, 3.05) is 11.9 Å². The van der Waals surface area contributed by atoms with Crippen LogP contribution in [0.1, 0.15) is 13.8 Å². The molecule has 0 saturated carbocycles. The highest BCUT2D eigenvalue weighted by Gasteiger charge is 2.23. The number of allylic oxidation sites excluding steroid dienone is 1. The number of fused-ring (bicyclic) bond motifs is 3. The first-order valence-corrected chi connectivity index (χ1v) is 6.30. The molecule has 0 spiro atoms. The Hall–Kier alpha value is -2.30. The van der Waals surface area contributed by atoms with Crippen molar-refractivity contribution in [2.24, 2.45) is 0 Å². The lowest BCUT2D eigenvalue weighted by Crippen LogP contribution is -2.23. The third kappa shape index (κ3) is 1.87. The molecule has 1 aromatic carbocycles. The van der Waals surface area contributed by atoms with Crippen LogP contribution in [-0.2, 0) is 16.1 Å². The summed E-state index contributed by atoms with van der Waals surface area (Å²) in [7, 11) is 0. The molecule has 1 aliphatic rings. The summed E-state index contributed by atoms with van der Waals surface area (Å²) in [5.74, 6) is 0.502. The van der Waals surface area contributed by atoms with Crippen LogP contribution < -0.4 is 5.32 Å². The predicted molar refractivity (Wildman–Crippen MR) is 72.7 cm³/mol. The quantitative estimate of drug-likeness (QED) is 0.839. The van der Waals surface area contributed by atoms with Crippen LogP contribution in [0.4, 0.5) is 5.95 Å². The van der Waals surface area contributed by atoms with Gasteiger partial charge in [0, 0.05) is 5.70 Å². The van der Waals surface area contributed by atoms with E-state index in [1.807, 2.05) is 42.7 Å². The molecular formula is C14H15N3O2. The fraction of sp³-hybridized carbons (Fsp3) is 0.286. The zero-order chi connectivity index (χ0) is 13.4. The van der Waals surface area contributed by atoms with Gasteiger partial charge < -0.3 is 14.6 Å². The summed E-state index contributed by atoms with van der Waals surface area (Å²) in [5, 5.41) is 3.17. The molecule has 19 heavy (non-hydrogen) atoms. The topological polar surface area (TPSA) is 56.1 Å². The first-order chi connectivity index (χ1) is 9.20. The Morgan fingerprint density at radius 2 is 2.26 bits per heavy atom. The minimum absolute atomic E-state index is 0.268. The maximum Gasteiger partial charge on any atom is 0.337 e.